The molecule has 2 rings (SSSR count). The van der Waals surface area contributed by atoms with Crippen LogP contribution in [0.1, 0.15) is 5.69 Å². The Morgan fingerprint density at radius 3 is 3.00 bits per heavy atom. The lowest BCUT2D eigenvalue weighted by Crippen LogP contribution is -2.13. The first kappa shape index (κ1) is 10.5. The van der Waals surface area contributed by atoms with Crippen LogP contribution in [0.2, 0.25) is 0 Å². The summed E-state index contributed by atoms with van der Waals surface area (Å²) in [6.07, 6.45) is 5.27. The van der Waals surface area contributed by atoms with Gasteiger partial charge < -0.3 is 15.2 Å². The fourth-order valence-corrected chi connectivity index (χ4v) is 1.46. The number of imidazole rings is 1. The Morgan fingerprint density at radius 2 is 2.31 bits per heavy atom. The molecular weight excluding hydrogens is 202 g/mol. The third-order valence-corrected chi connectivity index (χ3v) is 2.23. The number of nitrogens with one attached hydrogen (secondary N) is 2. The van der Waals surface area contributed by atoms with E-state index in [1.54, 1.807) is 18.7 Å². The summed E-state index contributed by atoms with van der Waals surface area (Å²) >= 11 is 0. The predicted octanol–water partition coefficient (Wildman–Crippen LogP) is 1.48. The Kier molecular flexibility index (Phi) is 3.05. The molecule has 0 aliphatic carbocycles. The first-order chi connectivity index (χ1) is 7.77. The van der Waals surface area contributed by atoms with E-state index in [0.29, 0.717) is 6.54 Å². The molecule has 2 N–H and O–H groups in total. The largest absolute Gasteiger partial charge is 0.376 e. The molecule has 16 heavy (non-hydrogen) atoms. The van der Waals surface area contributed by atoms with Crippen LogP contribution in [0.3, 0.4) is 0 Å². The molecule has 0 fully saturated rings. The maximum atomic E-state index is 4.32. The van der Waals surface area contributed by atoms with Gasteiger partial charge >= 0.3 is 0 Å². The van der Waals surface area contributed by atoms with Crippen molar-refractivity contribution in [3.63, 3.8) is 0 Å². The van der Waals surface area contributed by atoms with Gasteiger partial charge in [0.2, 0.25) is 0 Å². The maximum absolute atomic E-state index is 4.32. The van der Waals surface area contributed by atoms with Crippen molar-refractivity contribution in [2.75, 3.05) is 24.3 Å². The van der Waals surface area contributed by atoms with Crippen LogP contribution >= 0.6 is 0 Å². The van der Waals surface area contributed by atoms with E-state index in [-0.39, 0.29) is 0 Å². The normalized spacial score (nSPS) is 10.1. The standard InChI is InChI=1S/C11H15N5/c1-16(2)11-10(4-3-5-13-11)14-7-9-6-12-8-15-9/h3-6,8,14H,7H2,1-2H3,(H,12,15). The van der Waals surface area contributed by atoms with Gasteiger partial charge in [-0.05, 0) is 12.1 Å². The van der Waals surface area contributed by atoms with Crippen molar-refractivity contribution in [3.05, 3.63) is 36.5 Å². The highest BCUT2D eigenvalue weighted by atomic mass is 15.2. The Bertz CT molecular complexity index is 435. The summed E-state index contributed by atoms with van der Waals surface area (Å²) in [5.74, 6) is 0.932. The van der Waals surface area contributed by atoms with E-state index in [1.165, 1.54) is 0 Å². The number of hydrogen-bond donors (Lipinski definition) is 2. The van der Waals surface area contributed by atoms with Crippen LogP contribution in [-0.4, -0.2) is 29.0 Å². The van der Waals surface area contributed by atoms with Crippen LogP contribution in [0.5, 0.6) is 0 Å². The second kappa shape index (κ2) is 4.65. The molecule has 84 valence electrons. The lowest BCUT2D eigenvalue weighted by atomic mass is 10.3. The molecule has 0 atom stereocenters. The Hall–Kier alpha value is -2.04. The van der Waals surface area contributed by atoms with E-state index < -0.39 is 0 Å². The number of aromatic amines is 1. The lowest BCUT2D eigenvalue weighted by Gasteiger charge is -2.16. The van der Waals surface area contributed by atoms with E-state index in [1.807, 2.05) is 31.1 Å². The number of nitrogens with zero attached hydrogens (tertiary/aromatic N) is 3. The molecule has 5 heteroatoms. The van der Waals surface area contributed by atoms with Gasteiger partial charge in [-0.25, -0.2) is 9.97 Å². The van der Waals surface area contributed by atoms with Crippen molar-refractivity contribution in [1.29, 1.82) is 0 Å². The molecule has 2 heterocycles. The lowest BCUT2D eigenvalue weighted by molar-refractivity contribution is 1.03. The molecular formula is C11H15N5. The van der Waals surface area contributed by atoms with Gasteiger partial charge in [0.25, 0.3) is 0 Å². The average Bonchev–Trinajstić information content (AvgIpc) is 2.79. The highest BCUT2D eigenvalue weighted by Crippen LogP contribution is 2.20. The van der Waals surface area contributed by atoms with Crippen molar-refractivity contribution in [2.45, 2.75) is 6.54 Å². The van der Waals surface area contributed by atoms with Crippen LogP contribution in [0, 0.1) is 0 Å². The number of anilines is 2. The molecule has 2 aromatic heterocycles. The monoisotopic (exact) mass is 217 g/mol. The topological polar surface area (TPSA) is 56.8 Å². The van der Waals surface area contributed by atoms with Crippen LogP contribution in [0.15, 0.2) is 30.9 Å². The highest BCUT2D eigenvalue weighted by Gasteiger charge is 2.04. The van der Waals surface area contributed by atoms with Gasteiger partial charge in [-0.2, -0.15) is 0 Å². The molecule has 0 spiro atoms. The highest BCUT2D eigenvalue weighted by molar-refractivity contribution is 5.64. The summed E-state index contributed by atoms with van der Waals surface area (Å²) < 4.78 is 0. The third kappa shape index (κ3) is 2.31. The van der Waals surface area contributed by atoms with Gasteiger partial charge in [-0.15, -0.1) is 0 Å². The van der Waals surface area contributed by atoms with Crippen LogP contribution < -0.4 is 10.2 Å². The molecule has 0 aliphatic heterocycles. The van der Waals surface area contributed by atoms with Crippen molar-refractivity contribution in [1.82, 2.24) is 15.0 Å². The summed E-state index contributed by atoms with van der Waals surface area (Å²) in [5, 5.41) is 3.32. The minimum absolute atomic E-state index is 0.715. The van der Waals surface area contributed by atoms with Crippen LogP contribution in [0.25, 0.3) is 0 Å². The molecule has 0 saturated carbocycles. The number of H-pyrrole nitrogens is 1. The molecule has 0 aliphatic rings. The average molecular weight is 217 g/mol. The van der Waals surface area contributed by atoms with Gasteiger partial charge in [0, 0.05) is 26.5 Å². The smallest absolute Gasteiger partial charge is 0.151 e. The quantitative estimate of drug-likeness (QED) is 0.814. The van der Waals surface area contributed by atoms with Gasteiger partial charge in [0.1, 0.15) is 0 Å². The molecule has 2 aromatic rings. The zero-order valence-corrected chi connectivity index (χ0v) is 9.44. The van der Waals surface area contributed by atoms with Crippen LogP contribution in [0.4, 0.5) is 11.5 Å². The molecule has 0 amide bonds. The fourth-order valence-electron chi connectivity index (χ4n) is 1.46. The van der Waals surface area contributed by atoms with E-state index in [2.05, 4.69) is 20.3 Å². The van der Waals surface area contributed by atoms with Crippen LogP contribution in [-0.2, 0) is 6.54 Å². The third-order valence-electron chi connectivity index (χ3n) is 2.23. The minimum atomic E-state index is 0.715. The van der Waals surface area contributed by atoms with Crippen molar-refractivity contribution in [3.8, 4) is 0 Å². The molecule has 0 unspecified atom stereocenters. The first-order valence-corrected chi connectivity index (χ1v) is 5.11. The first-order valence-electron chi connectivity index (χ1n) is 5.11. The van der Waals surface area contributed by atoms with E-state index in [9.17, 15) is 0 Å². The number of aromatic nitrogens is 3. The second-order valence-electron chi connectivity index (χ2n) is 3.70. The van der Waals surface area contributed by atoms with Gasteiger partial charge in [0.15, 0.2) is 5.82 Å². The Labute approximate surface area is 94.5 Å². The van der Waals surface area contributed by atoms with Gasteiger partial charge in [-0.3, -0.25) is 0 Å². The summed E-state index contributed by atoms with van der Waals surface area (Å²) in [5.41, 5.74) is 2.07. The maximum Gasteiger partial charge on any atom is 0.151 e. The van der Waals surface area contributed by atoms with Crippen molar-refractivity contribution >= 4 is 11.5 Å². The van der Waals surface area contributed by atoms with Crippen molar-refractivity contribution in [2.24, 2.45) is 0 Å². The summed E-state index contributed by atoms with van der Waals surface area (Å²) in [4.78, 5) is 13.3. The zero-order chi connectivity index (χ0) is 11.4. The van der Waals surface area contributed by atoms with E-state index in [0.717, 1.165) is 17.2 Å². The van der Waals surface area contributed by atoms with E-state index in [4.69, 9.17) is 0 Å². The molecule has 5 nitrogen and oxygen atoms in total. The molecule has 0 saturated heterocycles. The number of hydrogen-bond acceptors (Lipinski definition) is 4. The Morgan fingerprint density at radius 1 is 1.44 bits per heavy atom. The molecule has 0 bridgehead atoms. The molecule has 0 radical (unpaired) electrons. The van der Waals surface area contributed by atoms with Gasteiger partial charge in [-0.1, -0.05) is 0 Å². The summed E-state index contributed by atoms with van der Waals surface area (Å²) in [7, 11) is 3.95. The minimum Gasteiger partial charge on any atom is -0.376 e. The summed E-state index contributed by atoms with van der Waals surface area (Å²) in [6, 6.07) is 3.93. The number of rotatable bonds is 4. The SMILES string of the molecule is CN(C)c1ncccc1NCc1cnc[nH]1. The van der Waals surface area contributed by atoms with Crippen molar-refractivity contribution < 1.29 is 0 Å². The summed E-state index contributed by atoms with van der Waals surface area (Å²) in [6.45, 7) is 0.715. The fraction of sp³-hybridized carbons (Fsp3) is 0.273. The number of pyridine rings is 1. The van der Waals surface area contributed by atoms with E-state index >= 15 is 0 Å². The predicted molar refractivity (Wildman–Crippen MR) is 64.5 cm³/mol. The molecule has 0 aromatic carbocycles. The second-order valence-corrected chi connectivity index (χ2v) is 3.70. The zero-order valence-electron chi connectivity index (χ0n) is 9.44. The van der Waals surface area contributed by atoms with Gasteiger partial charge in [0.05, 0.1) is 24.3 Å². The Balaban J connectivity index is 2.09.